The Labute approximate surface area is 140 Å². The number of benzene rings is 1. The maximum absolute atomic E-state index is 12.3. The van der Waals surface area contributed by atoms with Crippen LogP contribution in [0, 0.1) is 18.3 Å². The Morgan fingerprint density at radius 1 is 1.38 bits per heavy atom. The monoisotopic (exact) mass is 325 g/mol. The van der Waals surface area contributed by atoms with Gasteiger partial charge >= 0.3 is 0 Å². The van der Waals surface area contributed by atoms with Crippen LogP contribution in [-0.4, -0.2) is 23.0 Å². The fourth-order valence-electron chi connectivity index (χ4n) is 2.36. The largest absolute Gasteiger partial charge is 0.497 e. The van der Waals surface area contributed by atoms with Crippen LogP contribution in [0.5, 0.6) is 11.6 Å². The molecule has 0 radical (unpaired) electrons. The summed E-state index contributed by atoms with van der Waals surface area (Å²) in [5.41, 5.74) is 1.01. The summed E-state index contributed by atoms with van der Waals surface area (Å²) >= 11 is 0. The van der Waals surface area contributed by atoms with Crippen LogP contribution in [0.4, 0.5) is 5.69 Å². The average molecular weight is 325 g/mol. The lowest BCUT2D eigenvalue weighted by Crippen LogP contribution is -2.25. The normalized spacial score (nSPS) is 10.8. The Kier molecular flexibility index (Phi) is 5.38. The minimum absolute atomic E-state index is 0.0254. The molecule has 2 rings (SSSR count). The van der Waals surface area contributed by atoms with E-state index in [9.17, 15) is 15.2 Å². The first kappa shape index (κ1) is 17.3. The third-order valence-electron chi connectivity index (χ3n) is 3.71. The van der Waals surface area contributed by atoms with Crippen molar-refractivity contribution in [3.8, 4) is 17.7 Å². The number of aromatic hydroxyl groups is 1. The van der Waals surface area contributed by atoms with Gasteiger partial charge in [0.2, 0.25) is 5.88 Å². The molecule has 1 aromatic carbocycles. The van der Waals surface area contributed by atoms with Gasteiger partial charge in [0.25, 0.3) is 5.56 Å². The predicted octanol–water partition coefficient (Wildman–Crippen LogP) is 2.90. The number of aliphatic imine (C=N–C) groups is 1. The van der Waals surface area contributed by atoms with E-state index in [4.69, 9.17) is 4.74 Å². The first-order valence-electron chi connectivity index (χ1n) is 7.58. The number of nitrogens with zero attached hydrogens (tertiary/aromatic N) is 3. The summed E-state index contributed by atoms with van der Waals surface area (Å²) in [6.07, 6.45) is 2.13. The molecular weight excluding hydrogens is 306 g/mol. The summed E-state index contributed by atoms with van der Waals surface area (Å²) in [5.74, 6) is 0.548. The number of nitriles is 1. The molecule has 0 atom stereocenters. The summed E-state index contributed by atoms with van der Waals surface area (Å²) < 4.78 is 6.30. The van der Waals surface area contributed by atoms with Gasteiger partial charge in [0, 0.05) is 12.8 Å². The van der Waals surface area contributed by atoms with E-state index in [0.717, 1.165) is 5.75 Å². The number of ether oxygens (including phenoxy) is 1. The van der Waals surface area contributed by atoms with Crippen molar-refractivity contribution in [2.75, 3.05) is 7.11 Å². The highest BCUT2D eigenvalue weighted by Gasteiger charge is 2.17. The zero-order valence-corrected chi connectivity index (χ0v) is 13.9. The van der Waals surface area contributed by atoms with Crippen LogP contribution in [0.1, 0.15) is 30.0 Å². The second-order valence-corrected chi connectivity index (χ2v) is 5.26. The van der Waals surface area contributed by atoms with Crippen molar-refractivity contribution in [2.45, 2.75) is 26.8 Å². The molecule has 0 fully saturated rings. The third kappa shape index (κ3) is 3.30. The molecule has 1 heterocycles. The SMILES string of the molecule is CCCn1c(O)c(C=Nc2ccc(OC)cc2)c(C)c(C#N)c1=O. The number of hydrogen-bond donors (Lipinski definition) is 1. The van der Waals surface area contributed by atoms with Crippen molar-refractivity contribution in [1.82, 2.24) is 4.57 Å². The summed E-state index contributed by atoms with van der Waals surface area (Å²) in [6, 6.07) is 9.02. The Hall–Kier alpha value is -3.07. The van der Waals surface area contributed by atoms with E-state index in [0.29, 0.717) is 29.8 Å². The van der Waals surface area contributed by atoms with E-state index in [1.807, 2.05) is 13.0 Å². The molecule has 0 aliphatic carbocycles. The molecule has 0 amide bonds. The molecule has 1 aromatic heterocycles. The molecule has 1 N–H and O–H groups in total. The van der Waals surface area contributed by atoms with Gasteiger partial charge in [-0.05, 0) is 43.2 Å². The summed E-state index contributed by atoms with van der Waals surface area (Å²) in [6.45, 7) is 3.86. The van der Waals surface area contributed by atoms with Crippen molar-refractivity contribution < 1.29 is 9.84 Å². The second kappa shape index (κ2) is 7.47. The minimum atomic E-state index is -0.476. The molecule has 0 aliphatic heterocycles. The smallest absolute Gasteiger partial charge is 0.271 e. The number of aromatic nitrogens is 1. The van der Waals surface area contributed by atoms with Gasteiger partial charge in [-0.25, -0.2) is 0 Å². The van der Waals surface area contributed by atoms with Crippen LogP contribution in [0.25, 0.3) is 0 Å². The number of rotatable bonds is 5. The Bertz CT molecular complexity index is 859. The van der Waals surface area contributed by atoms with E-state index in [-0.39, 0.29) is 11.4 Å². The van der Waals surface area contributed by atoms with Gasteiger partial charge in [-0.1, -0.05) is 6.92 Å². The summed E-state index contributed by atoms with van der Waals surface area (Å²) in [4.78, 5) is 16.6. The molecule has 0 unspecified atom stereocenters. The number of pyridine rings is 1. The lowest BCUT2D eigenvalue weighted by Gasteiger charge is -2.13. The minimum Gasteiger partial charge on any atom is -0.497 e. The molecule has 0 spiro atoms. The van der Waals surface area contributed by atoms with Gasteiger partial charge < -0.3 is 9.84 Å². The van der Waals surface area contributed by atoms with E-state index in [1.165, 1.54) is 10.8 Å². The van der Waals surface area contributed by atoms with Crippen molar-refractivity contribution in [2.24, 2.45) is 4.99 Å². The standard InChI is InChI=1S/C18H19N3O3/c1-4-9-21-17(22)15(10-19)12(2)16(18(21)23)11-20-13-5-7-14(24-3)8-6-13/h5-8,11,23H,4,9H2,1-3H3. The lowest BCUT2D eigenvalue weighted by molar-refractivity contribution is 0.403. The highest BCUT2D eigenvalue weighted by molar-refractivity contribution is 5.87. The average Bonchev–Trinajstić information content (AvgIpc) is 2.59. The molecule has 6 heteroatoms. The number of methoxy groups -OCH3 is 1. The van der Waals surface area contributed by atoms with E-state index in [2.05, 4.69) is 4.99 Å². The Balaban J connectivity index is 2.52. The van der Waals surface area contributed by atoms with Crippen molar-refractivity contribution in [3.05, 3.63) is 51.3 Å². The molecule has 124 valence electrons. The van der Waals surface area contributed by atoms with E-state index >= 15 is 0 Å². The van der Waals surface area contributed by atoms with Crippen molar-refractivity contribution >= 4 is 11.9 Å². The van der Waals surface area contributed by atoms with Gasteiger partial charge in [-0.15, -0.1) is 0 Å². The topological polar surface area (TPSA) is 87.6 Å². The zero-order chi connectivity index (χ0) is 17.7. The lowest BCUT2D eigenvalue weighted by atomic mass is 10.1. The highest BCUT2D eigenvalue weighted by Crippen LogP contribution is 2.22. The molecule has 0 bridgehead atoms. The zero-order valence-electron chi connectivity index (χ0n) is 13.9. The van der Waals surface area contributed by atoms with Gasteiger partial charge in [-0.3, -0.25) is 14.4 Å². The molecule has 2 aromatic rings. The van der Waals surface area contributed by atoms with Gasteiger partial charge in [0.05, 0.1) is 18.4 Å². The van der Waals surface area contributed by atoms with Crippen LogP contribution in [0.2, 0.25) is 0 Å². The first-order valence-corrected chi connectivity index (χ1v) is 7.58. The first-order chi connectivity index (χ1) is 11.5. The molecule has 0 aliphatic rings. The van der Waals surface area contributed by atoms with Gasteiger partial charge in [-0.2, -0.15) is 5.26 Å². The van der Waals surface area contributed by atoms with Crippen LogP contribution in [0.3, 0.4) is 0 Å². The highest BCUT2D eigenvalue weighted by atomic mass is 16.5. The van der Waals surface area contributed by atoms with Crippen molar-refractivity contribution in [1.29, 1.82) is 5.26 Å². The predicted molar refractivity (Wildman–Crippen MR) is 92.4 cm³/mol. The molecule has 0 saturated carbocycles. The molecule has 24 heavy (non-hydrogen) atoms. The van der Waals surface area contributed by atoms with Crippen LogP contribution in [-0.2, 0) is 6.54 Å². The summed E-state index contributed by atoms with van der Waals surface area (Å²) in [5, 5.41) is 19.7. The maximum Gasteiger partial charge on any atom is 0.271 e. The quantitative estimate of drug-likeness (QED) is 0.856. The van der Waals surface area contributed by atoms with Gasteiger partial charge in [0.15, 0.2) is 0 Å². The molecule has 0 saturated heterocycles. The van der Waals surface area contributed by atoms with Crippen molar-refractivity contribution in [3.63, 3.8) is 0 Å². The maximum atomic E-state index is 12.3. The second-order valence-electron chi connectivity index (χ2n) is 5.26. The third-order valence-corrected chi connectivity index (χ3v) is 3.71. The fraction of sp³-hybridized carbons (Fsp3) is 0.278. The molecule has 6 nitrogen and oxygen atoms in total. The number of hydrogen-bond acceptors (Lipinski definition) is 5. The Morgan fingerprint density at radius 3 is 2.58 bits per heavy atom. The van der Waals surface area contributed by atoms with E-state index < -0.39 is 5.56 Å². The van der Waals surface area contributed by atoms with E-state index in [1.54, 1.807) is 38.3 Å². The van der Waals surface area contributed by atoms with Crippen LogP contribution < -0.4 is 10.3 Å². The summed E-state index contributed by atoms with van der Waals surface area (Å²) in [7, 11) is 1.58. The fourth-order valence-corrected chi connectivity index (χ4v) is 2.36. The van der Waals surface area contributed by atoms with Gasteiger partial charge in [0.1, 0.15) is 17.4 Å². The molecular formula is C18H19N3O3. The Morgan fingerprint density at radius 2 is 2.04 bits per heavy atom. The van der Waals surface area contributed by atoms with Crippen LogP contribution in [0.15, 0.2) is 34.1 Å². The van der Waals surface area contributed by atoms with Crippen LogP contribution >= 0.6 is 0 Å².